The van der Waals surface area contributed by atoms with Crippen molar-refractivity contribution in [3.05, 3.63) is 24.3 Å². The first kappa shape index (κ1) is 57.5. The molecule has 10 unspecified atom stereocenters. The first-order valence-corrected chi connectivity index (χ1v) is 25.6. The topological polar surface area (TPSA) is 200 Å². The van der Waals surface area contributed by atoms with E-state index in [4.69, 9.17) is 29.2 Å². The third-order valence-electron chi connectivity index (χ3n) is 13.1. The van der Waals surface area contributed by atoms with Crippen molar-refractivity contribution in [3.63, 3.8) is 0 Å². The van der Waals surface area contributed by atoms with E-state index in [9.17, 15) is 24.0 Å². The molecular formula is C52H90N6O11. The average molecular weight is 975 g/mol. The summed E-state index contributed by atoms with van der Waals surface area (Å²) in [6.07, 6.45) is 14.6. The van der Waals surface area contributed by atoms with Crippen LogP contribution in [0.3, 0.4) is 0 Å². The minimum Gasteiger partial charge on any atom is -0.444 e. The SMILES string of the molecule is CC(C)(C)OC(=O)N1CC(CO)CC1CO.CC(C)(C)OC(=O)N1CC2C=CC1C2.CC(C)(C)OC(=O)N1CC2CNCC1C2.CCC1CC(CC)N(C(=O)OC(C)(C)C)C1.O=C1NC2C=CC1C2. The second kappa shape index (κ2) is 24.4. The van der Waals surface area contributed by atoms with Crippen LogP contribution in [0.25, 0.3) is 0 Å². The summed E-state index contributed by atoms with van der Waals surface area (Å²) in [6.45, 7) is 31.8. The number of carbonyl (C=O) groups is 5. The molecule has 8 rings (SSSR count). The lowest BCUT2D eigenvalue weighted by molar-refractivity contribution is -0.121. The summed E-state index contributed by atoms with van der Waals surface area (Å²) < 4.78 is 21.4. The van der Waals surface area contributed by atoms with Crippen LogP contribution >= 0.6 is 0 Å². The standard InChI is InChI=1S/C13H25NO2.C11H20N2O2.C11H21NO4.C11H17NO2.C6H7NO/c1-6-10-8-11(7-2)14(9-10)12(15)16-13(3,4)5;1-11(2,3)15-10(14)13-7-8-4-9(13)6-12-5-8;1-11(2,3)16-10(15)12-5-8(6-13)4-9(12)7-14;1-11(2,3)14-10(13)12-7-8-4-5-9(12)6-8;8-6-4-1-2-5(3-4)7-6/h10-11H,6-9H2,1-5H3;8-9,12H,4-7H2,1-3H3;8-9,13-14H,4-7H2,1-3H3;4-5,8-9H,6-7H2,1-3H3;1-2,4-5H,3H2,(H,7,8). The van der Waals surface area contributed by atoms with Gasteiger partial charge in [-0.1, -0.05) is 44.6 Å². The molecule has 0 aromatic rings. The van der Waals surface area contributed by atoms with Crippen LogP contribution in [0.5, 0.6) is 0 Å². The van der Waals surface area contributed by atoms with Crippen LogP contribution in [0.4, 0.5) is 19.2 Å². The molecule has 17 heteroatoms. The van der Waals surface area contributed by atoms with Crippen LogP contribution in [-0.4, -0.2) is 165 Å². The highest BCUT2D eigenvalue weighted by Crippen LogP contribution is 2.33. The Hall–Kier alpha value is -4.09. The van der Waals surface area contributed by atoms with Crippen molar-refractivity contribution >= 4 is 30.3 Å². The molecule has 0 aromatic heterocycles. The second-order valence-electron chi connectivity index (χ2n) is 23.9. The van der Waals surface area contributed by atoms with Crippen LogP contribution < -0.4 is 10.6 Å². The Balaban J connectivity index is 0.000000190. The Labute approximate surface area is 413 Å². The lowest BCUT2D eigenvalue weighted by atomic mass is 10.0. The zero-order valence-corrected chi connectivity index (χ0v) is 44.5. The monoisotopic (exact) mass is 975 g/mol. The van der Waals surface area contributed by atoms with Gasteiger partial charge in [0.05, 0.1) is 24.6 Å². The summed E-state index contributed by atoms with van der Waals surface area (Å²) in [5.41, 5.74) is -1.70. The van der Waals surface area contributed by atoms with Gasteiger partial charge >= 0.3 is 24.4 Å². The van der Waals surface area contributed by atoms with Gasteiger partial charge in [-0.25, -0.2) is 19.2 Å². The van der Waals surface area contributed by atoms with Gasteiger partial charge in [0, 0.05) is 63.4 Å². The number of rotatable bonds is 4. The number of aliphatic hydroxyl groups excluding tert-OH is 2. The van der Waals surface area contributed by atoms with Crippen LogP contribution in [0, 0.1) is 29.6 Å². The van der Waals surface area contributed by atoms with Crippen molar-refractivity contribution < 1.29 is 53.1 Å². The number of nitrogens with one attached hydrogen (secondary N) is 2. The summed E-state index contributed by atoms with van der Waals surface area (Å²) in [5, 5.41) is 24.4. The zero-order chi connectivity index (χ0) is 51.6. The molecule has 394 valence electrons. The quantitative estimate of drug-likeness (QED) is 0.160. The van der Waals surface area contributed by atoms with Crippen molar-refractivity contribution in [2.24, 2.45) is 29.6 Å². The first-order chi connectivity index (χ1) is 32.0. The van der Waals surface area contributed by atoms with Gasteiger partial charge in [-0.15, -0.1) is 0 Å². The van der Waals surface area contributed by atoms with Crippen LogP contribution in [0.1, 0.15) is 142 Å². The van der Waals surface area contributed by atoms with Crippen molar-refractivity contribution in [2.45, 2.75) is 194 Å². The Morgan fingerprint density at radius 2 is 1.09 bits per heavy atom. The summed E-state index contributed by atoms with van der Waals surface area (Å²) >= 11 is 0. The van der Waals surface area contributed by atoms with Crippen molar-refractivity contribution in [1.29, 1.82) is 0 Å². The number of aliphatic hydroxyl groups is 2. The molecule has 0 saturated carbocycles. The third-order valence-corrected chi connectivity index (χ3v) is 13.1. The maximum Gasteiger partial charge on any atom is 0.410 e. The van der Waals surface area contributed by atoms with Gasteiger partial charge in [-0.05, 0) is 146 Å². The molecule has 2 aliphatic carbocycles. The molecule has 5 amide bonds. The molecule has 6 aliphatic heterocycles. The molecule has 0 radical (unpaired) electrons. The fourth-order valence-electron chi connectivity index (χ4n) is 9.79. The fourth-order valence-corrected chi connectivity index (χ4v) is 9.79. The third kappa shape index (κ3) is 18.2. The summed E-state index contributed by atoms with van der Waals surface area (Å²) in [4.78, 5) is 65.2. The number of ether oxygens (including phenoxy) is 4. The lowest BCUT2D eigenvalue weighted by Gasteiger charge is -2.28. The Morgan fingerprint density at radius 1 is 0.565 bits per heavy atom. The molecule has 4 N–H and O–H groups in total. The minimum atomic E-state index is -0.533. The normalized spacial score (nSPS) is 29.4. The highest BCUT2D eigenvalue weighted by atomic mass is 16.6. The zero-order valence-electron chi connectivity index (χ0n) is 44.5. The second-order valence-corrected chi connectivity index (χ2v) is 23.9. The average Bonchev–Trinajstić information content (AvgIpc) is 4.11. The molecule has 69 heavy (non-hydrogen) atoms. The van der Waals surface area contributed by atoms with E-state index in [0.29, 0.717) is 48.8 Å². The number of nitrogens with zero attached hydrogens (tertiary/aromatic N) is 4. The van der Waals surface area contributed by atoms with E-state index in [1.807, 2.05) is 83.1 Å². The molecular weight excluding hydrogens is 885 g/mol. The predicted molar refractivity (Wildman–Crippen MR) is 265 cm³/mol. The number of piperidine rings is 1. The van der Waals surface area contributed by atoms with E-state index in [-0.39, 0.29) is 78.1 Å². The number of hydrogen-bond acceptors (Lipinski definition) is 12. The molecule has 0 aromatic carbocycles. The number of fused-ring (bicyclic) bond motifs is 6. The lowest BCUT2D eigenvalue weighted by Crippen LogP contribution is -2.43. The fraction of sp³-hybridized carbons (Fsp3) is 0.827. The summed E-state index contributed by atoms with van der Waals surface area (Å²) in [7, 11) is 0. The van der Waals surface area contributed by atoms with E-state index >= 15 is 0 Å². The van der Waals surface area contributed by atoms with Crippen LogP contribution in [-0.2, 0) is 23.7 Å². The Kier molecular flexibility index (Phi) is 20.3. The van der Waals surface area contributed by atoms with Gasteiger partial charge in [0.15, 0.2) is 0 Å². The number of carbonyl (C=O) groups excluding carboxylic acids is 5. The number of likely N-dealkylation sites (tertiary alicyclic amines) is 4. The minimum absolute atomic E-state index is 0.0375. The largest absolute Gasteiger partial charge is 0.444 e. The van der Waals surface area contributed by atoms with E-state index in [0.717, 1.165) is 71.2 Å². The van der Waals surface area contributed by atoms with Gasteiger partial charge in [0.1, 0.15) is 22.4 Å². The van der Waals surface area contributed by atoms with Gasteiger partial charge < -0.3 is 59.4 Å². The maximum atomic E-state index is 12.0. The molecule has 6 heterocycles. The van der Waals surface area contributed by atoms with Gasteiger partial charge in [0.25, 0.3) is 0 Å². The van der Waals surface area contributed by atoms with Gasteiger partial charge in [-0.3, -0.25) is 4.79 Å². The van der Waals surface area contributed by atoms with Crippen LogP contribution in [0.2, 0.25) is 0 Å². The van der Waals surface area contributed by atoms with E-state index in [2.05, 4.69) is 42.7 Å². The molecule has 17 nitrogen and oxygen atoms in total. The van der Waals surface area contributed by atoms with E-state index in [1.54, 1.807) is 20.8 Å². The maximum absolute atomic E-state index is 12.0. The molecule has 10 atom stereocenters. The van der Waals surface area contributed by atoms with Crippen LogP contribution in [0.15, 0.2) is 24.3 Å². The molecule has 6 fully saturated rings. The van der Waals surface area contributed by atoms with E-state index in [1.165, 1.54) is 4.90 Å². The molecule has 6 saturated heterocycles. The molecule has 8 aliphatic rings. The Morgan fingerprint density at radius 3 is 1.48 bits per heavy atom. The van der Waals surface area contributed by atoms with Crippen molar-refractivity contribution in [1.82, 2.24) is 30.2 Å². The number of amides is 5. The van der Waals surface area contributed by atoms with Gasteiger partial charge in [-0.2, -0.15) is 0 Å². The molecule has 0 spiro atoms. The van der Waals surface area contributed by atoms with Crippen molar-refractivity contribution in [2.75, 3.05) is 52.5 Å². The van der Waals surface area contributed by atoms with Gasteiger partial charge in [0.2, 0.25) is 5.91 Å². The first-order valence-electron chi connectivity index (χ1n) is 25.6. The Bertz CT molecular complexity index is 1730. The van der Waals surface area contributed by atoms with E-state index < -0.39 is 11.7 Å². The summed E-state index contributed by atoms with van der Waals surface area (Å²) in [5.74, 6) is 2.29. The molecule has 6 bridgehead atoms. The smallest absolute Gasteiger partial charge is 0.410 e. The van der Waals surface area contributed by atoms with Crippen molar-refractivity contribution in [3.8, 4) is 0 Å². The predicted octanol–water partition coefficient (Wildman–Crippen LogP) is 7.49. The number of hydrogen-bond donors (Lipinski definition) is 4. The summed E-state index contributed by atoms with van der Waals surface area (Å²) in [6, 6.07) is 1.15. The highest BCUT2D eigenvalue weighted by molar-refractivity contribution is 5.85. The highest BCUT2D eigenvalue weighted by Gasteiger charge is 2.41.